The van der Waals surface area contributed by atoms with Gasteiger partial charge in [0, 0.05) is 10.0 Å². The van der Waals surface area contributed by atoms with Gasteiger partial charge in [0.05, 0.1) is 25.2 Å². The van der Waals surface area contributed by atoms with Gasteiger partial charge in [-0.3, -0.25) is 0 Å². The van der Waals surface area contributed by atoms with Crippen LogP contribution in [0.5, 0.6) is 5.75 Å². The van der Waals surface area contributed by atoms with Gasteiger partial charge in [-0.05, 0) is 32.0 Å². The van der Waals surface area contributed by atoms with E-state index in [2.05, 4.69) is 15.9 Å². The normalized spacial score (nSPS) is 17.2. The van der Waals surface area contributed by atoms with Crippen LogP contribution in [0.25, 0.3) is 0 Å². The molecule has 1 atom stereocenters. The zero-order valence-corrected chi connectivity index (χ0v) is 15.1. The molecule has 0 aliphatic carbocycles. The summed E-state index contributed by atoms with van der Waals surface area (Å²) < 4.78 is 16.7. The van der Waals surface area contributed by atoms with E-state index in [4.69, 9.17) is 19.9 Å². The Labute approximate surface area is 148 Å². The molecule has 0 bridgehead atoms. The molecule has 126 valence electrons. The SMILES string of the molecule is CCOC(=O)C1=C(C)OC(N)=C(C#N)C1c1cc(Br)ccc1OC. The Morgan fingerprint density at radius 2 is 2.21 bits per heavy atom. The maximum Gasteiger partial charge on any atom is 0.338 e. The number of rotatable bonds is 4. The van der Waals surface area contributed by atoms with Crippen molar-refractivity contribution in [3.05, 3.63) is 51.0 Å². The molecule has 0 aromatic heterocycles. The summed E-state index contributed by atoms with van der Waals surface area (Å²) >= 11 is 3.40. The van der Waals surface area contributed by atoms with E-state index in [0.717, 1.165) is 4.47 Å². The highest BCUT2D eigenvalue weighted by atomic mass is 79.9. The van der Waals surface area contributed by atoms with E-state index in [9.17, 15) is 10.1 Å². The van der Waals surface area contributed by atoms with Gasteiger partial charge in [-0.1, -0.05) is 15.9 Å². The lowest BCUT2D eigenvalue weighted by Gasteiger charge is -2.27. The summed E-state index contributed by atoms with van der Waals surface area (Å²) in [7, 11) is 1.52. The largest absolute Gasteiger partial charge is 0.496 e. The maximum absolute atomic E-state index is 12.5. The first-order valence-electron chi connectivity index (χ1n) is 7.23. The second-order valence-electron chi connectivity index (χ2n) is 5.00. The second kappa shape index (κ2) is 7.41. The molecule has 0 radical (unpaired) electrons. The number of nitriles is 1. The lowest BCUT2D eigenvalue weighted by atomic mass is 9.82. The molecule has 1 aromatic carbocycles. The van der Waals surface area contributed by atoms with Crippen LogP contribution in [-0.2, 0) is 14.3 Å². The molecular weight excluding hydrogens is 376 g/mol. The molecule has 1 heterocycles. The van der Waals surface area contributed by atoms with Crippen molar-refractivity contribution in [3.8, 4) is 11.8 Å². The molecule has 0 fully saturated rings. The van der Waals surface area contributed by atoms with Crippen molar-refractivity contribution >= 4 is 21.9 Å². The molecule has 0 saturated heterocycles. The molecule has 24 heavy (non-hydrogen) atoms. The Balaban J connectivity index is 2.72. The molecule has 0 spiro atoms. The fourth-order valence-corrected chi connectivity index (χ4v) is 2.98. The van der Waals surface area contributed by atoms with Crippen LogP contribution in [0.15, 0.2) is 45.5 Å². The van der Waals surface area contributed by atoms with Gasteiger partial charge in [-0.15, -0.1) is 0 Å². The van der Waals surface area contributed by atoms with Crippen molar-refractivity contribution in [2.24, 2.45) is 5.73 Å². The van der Waals surface area contributed by atoms with Crippen LogP contribution in [0.4, 0.5) is 0 Å². The molecule has 6 nitrogen and oxygen atoms in total. The fourth-order valence-electron chi connectivity index (χ4n) is 2.60. The highest BCUT2D eigenvalue weighted by Crippen LogP contribution is 2.43. The van der Waals surface area contributed by atoms with Gasteiger partial charge in [-0.25, -0.2) is 4.79 Å². The van der Waals surface area contributed by atoms with Crippen LogP contribution in [-0.4, -0.2) is 19.7 Å². The minimum atomic E-state index is -0.727. The third-order valence-electron chi connectivity index (χ3n) is 3.60. The van der Waals surface area contributed by atoms with E-state index in [-0.39, 0.29) is 23.6 Å². The van der Waals surface area contributed by atoms with Gasteiger partial charge in [-0.2, -0.15) is 5.26 Å². The van der Waals surface area contributed by atoms with Crippen LogP contribution in [0.3, 0.4) is 0 Å². The molecule has 1 unspecified atom stereocenters. The number of halogens is 1. The third-order valence-corrected chi connectivity index (χ3v) is 4.10. The Kier molecular flexibility index (Phi) is 5.52. The summed E-state index contributed by atoms with van der Waals surface area (Å²) in [6, 6.07) is 7.38. The average Bonchev–Trinajstić information content (AvgIpc) is 2.54. The van der Waals surface area contributed by atoms with E-state index < -0.39 is 11.9 Å². The predicted molar refractivity (Wildman–Crippen MR) is 90.7 cm³/mol. The average molecular weight is 393 g/mol. The molecule has 0 saturated carbocycles. The molecule has 1 aliphatic heterocycles. The molecule has 2 N–H and O–H groups in total. The number of nitrogens with zero attached hydrogens (tertiary/aromatic N) is 1. The number of hydrogen-bond donors (Lipinski definition) is 1. The minimum Gasteiger partial charge on any atom is -0.496 e. The summed E-state index contributed by atoms with van der Waals surface area (Å²) in [5, 5.41) is 9.55. The van der Waals surface area contributed by atoms with Crippen molar-refractivity contribution in [2.45, 2.75) is 19.8 Å². The highest BCUT2D eigenvalue weighted by Gasteiger charge is 2.37. The van der Waals surface area contributed by atoms with Gasteiger partial charge >= 0.3 is 5.97 Å². The molecule has 0 amide bonds. The van der Waals surface area contributed by atoms with Gasteiger partial charge in [0.2, 0.25) is 5.88 Å². The van der Waals surface area contributed by atoms with E-state index in [1.807, 2.05) is 6.07 Å². The Bertz CT molecular complexity index is 777. The number of carbonyl (C=O) groups is 1. The summed E-state index contributed by atoms with van der Waals surface area (Å²) in [5.74, 6) is -0.482. The number of allylic oxidation sites excluding steroid dienone is 2. The van der Waals surface area contributed by atoms with Gasteiger partial charge in [0.1, 0.15) is 23.2 Å². The standard InChI is InChI=1S/C17H17BrN2O4/c1-4-23-17(21)14-9(2)24-16(20)12(8-19)15(14)11-7-10(18)5-6-13(11)22-3/h5-7,15H,4,20H2,1-3H3. The number of benzene rings is 1. The van der Waals surface area contributed by atoms with Crippen LogP contribution in [0, 0.1) is 11.3 Å². The van der Waals surface area contributed by atoms with Gasteiger partial charge in [0.25, 0.3) is 0 Å². The summed E-state index contributed by atoms with van der Waals surface area (Å²) in [5.41, 5.74) is 6.87. The van der Waals surface area contributed by atoms with Crippen molar-refractivity contribution < 1.29 is 19.0 Å². The van der Waals surface area contributed by atoms with E-state index >= 15 is 0 Å². The van der Waals surface area contributed by atoms with Crippen molar-refractivity contribution in [1.29, 1.82) is 5.26 Å². The molecule has 1 aromatic rings. The second-order valence-corrected chi connectivity index (χ2v) is 5.92. The zero-order valence-electron chi connectivity index (χ0n) is 13.6. The Hall–Kier alpha value is -2.46. The first kappa shape index (κ1) is 17.9. The number of esters is 1. The maximum atomic E-state index is 12.5. The highest BCUT2D eigenvalue weighted by molar-refractivity contribution is 9.10. The lowest BCUT2D eigenvalue weighted by molar-refractivity contribution is -0.139. The zero-order chi connectivity index (χ0) is 17.9. The smallest absolute Gasteiger partial charge is 0.338 e. The first-order chi connectivity index (χ1) is 11.4. The number of ether oxygens (including phenoxy) is 3. The fraction of sp³-hybridized carbons (Fsp3) is 0.294. The topological polar surface area (TPSA) is 94.6 Å². The van der Waals surface area contributed by atoms with Crippen molar-refractivity contribution in [1.82, 2.24) is 0 Å². The number of hydrogen-bond acceptors (Lipinski definition) is 6. The van der Waals surface area contributed by atoms with Crippen LogP contribution >= 0.6 is 15.9 Å². The third kappa shape index (κ3) is 3.24. The van der Waals surface area contributed by atoms with E-state index in [0.29, 0.717) is 17.1 Å². The Morgan fingerprint density at radius 1 is 1.50 bits per heavy atom. The molecule has 2 rings (SSSR count). The van der Waals surface area contributed by atoms with Crippen LogP contribution in [0.1, 0.15) is 25.3 Å². The van der Waals surface area contributed by atoms with Crippen LogP contribution in [0.2, 0.25) is 0 Å². The summed E-state index contributed by atoms with van der Waals surface area (Å²) in [6.45, 7) is 3.53. The number of carbonyl (C=O) groups excluding carboxylic acids is 1. The molecule has 7 heteroatoms. The van der Waals surface area contributed by atoms with E-state index in [1.165, 1.54) is 7.11 Å². The van der Waals surface area contributed by atoms with Gasteiger partial charge < -0.3 is 19.9 Å². The quantitative estimate of drug-likeness (QED) is 0.790. The Morgan fingerprint density at radius 3 is 2.79 bits per heavy atom. The number of nitrogens with two attached hydrogens (primary N) is 1. The monoisotopic (exact) mass is 392 g/mol. The first-order valence-corrected chi connectivity index (χ1v) is 8.02. The minimum absolute atomic E-state index is 0.0323. The lowest BCUT2D eigenvalue weighted by Crippen LogP contribution is -2.25. The number of methoxy groups -OCH3 is 1. The molecule has 1 aliphatic rings. The summed E-state index contributed by atoms with van der Waals surface area (Å²) in [6.07, 6.45) is 0. The molecular formula is C17H17BrN2O4. The van der Waals surface area contributed by atoms with Gasteiger partial charge in [0.15, 0.2) is 0 Å². The summed E-state index contributed by atoms with van der Waals surface area (Å²) in [4.78, 5) is 12.5. The van der Waals surface area contributed by atoms with E-state index in [1.54, 1.807) is 32.0 Å². The van der Waals surface area contributed by atoms with Crippen molar-refractivity contribution in [3.63, 3.8) is 0 Å². The van der Waals surface area contributed by atoms with Crippen LogP contribution < -0.4 is 10.5 Å². The van der Waals surface area contributed by atoms with Crippen molar-refractivity contribution in [2.75, 3.05) is 13.7 Å². The predicted octanol–water partition coefficient (Wildman–Crippen LogP) is 3.10.